The third-order valence-corrected chi connectivity index (χ3v) is 5.31. The zero-order valence-corrected chi connectivity index (χ0v) is 16.8. The minimum Gasteiger partial charge on any atom is -0.381 e. The van der Waals surface area contributed by atoms with E-state index in [4.69, 9.17) is 4.74 Å². The predicted octanol–water partition coefficient (Wildman–Crippen LogP) is 5.21. The van der Waals surface area contributed by atoms with Gasteiger partial charge in [-0.15, -0.1) is 0 Å². The molecule has 1 N–H and O–H groups in total. The van der Waals surface area contributed by atoms with E-state index in [1.807, 2.05) is 18.2 Å². The zero-order valence-electron chi connectivity index (χ0n) is 16.8. The molecular weight excluding hydrogens is 409 g/mol. The molecule has 1 aliphatic rings. The Morgan fingerprint density at radius 2 is 2.06 bits per heavy atom. The van der Waals surface area contributed by atoms with Gasteiger partial charge < -0.3 is 4.74 Å². The number of rotatable bonds is 3. The molecule has 9 heteroatoms. The molecule has 0 radical (unpaired) electrons. The van der Waals surface area contributed by atoms with Crippen molar-refractivity contribution in [2.24, 2.45) is 0 Å². The number of aromatic nitrogens is 2. The number of carbonyl (C=O) groups excluding carboxylic acids is 1. The van der Waals surface area contributed by atoms with Gasteiger partial charge in [-0.25, -0.2) is 9.78 Å². The topological polar surface area (TPSA) is 67.4 Å². The number of fused-ring (bicyclic) bond motifs is 1. The highest BCUT2D eigenvalue weighted by Crippen LogP contribution is 2.32. The van der Waals surface area contributed by atoms with Crippen molar-refractivity contribution in [3.63, 3.8) is 0 Å². The van der Waals surface area contributed by atoms with Gasteiger partial charge >= 0.3 is 12.2 Å². The smallest absolute Gasteiger partial charge is 0.381 e. The van der Waals surface area contributed by atoms with E-state index in [2.05, 4.69) is 15.3 Å². The summed E-state index contributed by atoms with van der Waals surface area (Å²) in [4.78, 5) is 22.0. The Kier molecular flexibility index (Phi) is 5.77. The van der Waals surface area contributed by atoms with Gasteiger partial charge in [0.05, 0.1) is 17.8 Å². The van der Waals surface area contributed by atoms with Crippen LogP contribution < -0.4 is 10.2 Å². The van der Waals surface area contributed by atoms with Crippen LogP contribution in [0.15, 0.2) is 48.7 Å². The van der Waals surface area contributed by atoms with Crippen LogP contribution in [0, 0.1) is 0 Å². The first-order valence-electron chi connectivity index (χ1n) is 9.88. The van der Waals surface area contributed by atoms with E-state index < -0.39 is 17.9 Å². The average molecular weight is 430 g/mol. The monoisotopic (exact) mass is 430 g/mol. The molecule has 0 saturated carbocycles. The molecule has 3 aromatic rings. The van der Waals surface area contributed by atoms with E-state index in [-0.39, 0.29) is 11.7 Å². The summed E-state index contributed by atoms with van der Waals surface area (Å²) in [5.41, 5.74) is 1.35. The summed E-state index contributed by atoms with van der Waals surface area (Å²) in [6.45, 7) is 1.42. The van der Waals surface area contributed by atoms with E-state index in [0.29, 0.717) is 12.3 Å². The number of urea groups is 1. The quantitative estimate of drug-likeness (QED) is 0.619. The first kappa shape index (κ1) is 21.0. The van der Waals surface area contributed by atoms with Crippen molar-refractivity contribution in [3.8, 4) is 0 Å². The fraction of sp³-hybridized carbons (Fsp3) is 0.318. The van der Waals surface area contributed by atoms with Crippen LogP contribution >= 0.6 is 0 Å². The normalized spacial score (nSPS) is 16.8. The number of anilines is 2. The molecule has 3 heterocycles. The molecule has 162 valence electrons. The van der Waals surface area contributed by atoms with Crippen molar-refractivity contribution in [2.75, 3.05) is 30.5 Å². The van der Waals surface area contributed by atoms with Crippen LogP contribution in [-0.4, -0.2) is 36.3 Å². The van der Waals surface area contributed by atoms with Gasteiger partial charge in [-0.1, -0.05) is 12.1 Å². The molecule has 2 aromatic heterocycles. The summed E-state index contributed by atoms with van der Waals surface area (Å²) in [6.07, 6.45) is -0.978. The van der Waals surface area contributed by atoms with Crippen LogP contribution in [0.2, 0.25) is 0 Å². The number of benzene rings is 1. The molecular formula is C22H21F3N4O2. The van der Waals surface area contributed by atoms with Crippen LogP contribution in [0.3, 0.4) is 0 Å². The lowest BCUT2D eigenvalue weighted by atomic mass is 9.92. The molecule has 1 aliphatic heterocycles. The van der Waals surface area contributed by atoms with Gasteiger partial charge in [-0.2, -0.15) is 13.2 Å². The zero-order chi connectivity index (χ0) is 22.0. The first-order chi connectivity index (χ1) is 14.8. The van der Waals surface area contributed by atoms with E-state index in [0.717, 1.165) is 42.0 Å². The third kappa shape index (κ3) is 4.61. The Morgan fingerprint density at radius 1 is 1.23 bits per heavy atom. The van der Waals surface area contributed by atoms with Gasteiger partial charge in [0.2, 0.25) is 0 Å². The number of nitrogens with zero attached hydrogens (tertiary/aromatic N) is 3. The number of hydrogen-bond acceptors (Lipinski definition) is 4. The van der Waals surface area contributed by atoms with Crippen LogP contribution in [-0.2, 0) is 10.9 Å². The molecule has 31 heavy (non-hydrogen) atoms. The Labute approximate surface area is 177 Å². The number of ether oxygens (including phenoxy) is 1. The summed E-state index contributed by atoms with van der Waals surface area (Å²) in [5.74, 6) is 0.102. The predicted molar refractivity (Wildman–Crippen MR) is 111 cm³/mol. The molecule has 0 aliphatic carbocycles. The second kappa shape index (κ2) is 8.50. The van der Waals surface area contributed by atoms with Gasteiger partial charge in [-0.3, -0.25) is 15.2 Å². The van der Waals surface area contributed by atoms with Crippen molar-refractivity contribution in [1.29, 1.82) is 0 Å². The van der Waals surface area contributed by atoms with Crippen molar-refractivity contribution in [2.45, 2.75) is 24.9 Å². The minimum atomic E-state index is -4.59. The molecule has 4 rings (SSSR count). The maximum atomic E-state index is 12.9. The molecule has 1 fully saturated rings. The standard InChI is InChI=1S/C22H21F3N4O2/c1-29(21(30)28-20-6-2-5-19(27-20)22(23,24)25)18-9-10-26-17-8-7-14(12-16(17)18)15-4-3-11-31-13-15/h2,5-10,12,15H,3-4,11,13H2,1H3,(H,27,28,30). The third-order valence-electron chi connectivity index (χ3n) is 5.31. The molecule has 2 amide bonds. The summed E-state index contributed by atoms with van der Waals surface area (Å²) in [6, 6.07) is 10.4. The van der Waals surface area contributed by atoms with Crippen LogP contribution in [0.1, 0.15) is 30.0 Å². The number of pyridine rings is 2. The van der Waals surface area contributed by atoms with Gasteiger partial charge in [0.15, 0.2) is 0 Å². The van der Waals surface area contributed by atoms with Crippen molar-refractivity contribution in [1.82, 2.24) is 9.97 Å². The number of halogens is 3. The Bertz CT molecular complexity index is 1100. The number of carbonyl (C=O) groups is 1. The van der Waals surface area contributed by atoms with E-state index in [9.17, 15) is 18.0 Å². The van der Waals surface area contributed by atoms with Crippen molar-refractivity contribution in [3.05, 3.63) is 59.9 Å². The molecule has 0 bridgehead atoms. The van der Waals surface area contributed by atoms with Crippen LogP contribution in [0.4, 0.5) is 29.5 Å². The largest absolute Gasteiger partial charge is 0.433 e. The molecule has 1 unspecified atom stereocenters. The number of nitrogens with one attached hydrogen (secondary N) is 1. The molecule has 6 nitrogen and oxygen atoms in total. The number of hydrogen-bond donors (Lipinski definition) is 1. The SMILES string of the molecule is CN(C(=O)Nc1cccc(C(F)(F)F)n1)c1ccnc2ccc(C3CCCOC3)cc12. The fourth-order valence-electron chi connectivity index (χ4n) is 3.66. The van der Waals surface area contributed by atoms with Crippen LogP contribution in [0.25, 0.3) is 10.9 Å². The van der Waals surface area contributed by atoms with E-state index >= 15 is 0 Å². The molecule has 1 atom stereocenters. The summed E-state index contributed by atoms with van der Waals surface area (Å²) in [7, 11) is 1.55. The fourth-order valence-corrected chi connectivity index (χ4v) is 3.66. The van der Waals surface area contributed by atoms with Gasteiger partial charge in [0.1, 0.15) is 11.5 Å². The highest BCUT2D eigenvalue weighted by Gasteiger charge is 2.32. The molecule has 1 aromatic carbocycles. The lowest BCUT2D eigenvalue weighted by molar-refractivity contribution is -0.141. The highest BCUT2D eigenvalue weighted by atomic mass is 19.4. The van der Waals surface area contributed by atoms with Crippen molar-refractivity contribution >= 4 is 28.4 Å². The Hall–Kier alpha value is -3.20. The Morgan fingerprint density at radius 3 is 2.81 bits per heavy atom. The second-order valence-corrected chi connectivity index (χ2v) is 7.42. The van der Waals surface area contributed by atoms with Gasteiger partial charge in [0.25, 0.3) is 0 Å². The highest BCUT2D eigenvalue weighted by molar-refractivity contribution is 6.06. The van der Waals surface area contributed by atoms with E-state index in [1.165, 1.54) is 17.0 Å². The average Bonchev–Trinajstić information content (AvgIpc) is 2.78. The summed E-state index contributed by atoms with van der Waals surface area (Å²) < 4.78 is 44.3. The van der Waals surface area contributed by atoms with Crippen LogP contribution in [0.5, 0.6) is 0 Å². The van der Waals surface area contributed by atoms with Gasteiger partial charge in [-0.05, 0) is 48.7 Å². The maximum absolute atomic E-state index is 12.9. The van der Waals surface area contributed by atoms with Gasteiger partial charge in [0, 0.05) is 31.2 Å². The Balaban J connectivity index is 1.60. The number of alkyl halides is 3. The summed E-state index contributed by atoms with van der Waals surface area (Å²) in [5, 5.41) is 3.21. The second-order valence-electron chi connectivity index (χ2n) is 7.42. The lowest BCUT2D eigenvalue weighted by Crippen LogP contribution is -2.31. The molecule has 1 saturated heterocycles. The summed E-state index contributed by atoms with van der Waals surface area (Å²) >= 11 is 0. The molecule has 0 spiro atoms. The maximum Gasteiger partial charge on any atom is 0.433 e. The number of amides is 2. The van der Waals surface area contributed by atoms with Crippen molar-refractivity contribution < 1.29 is 22.7 Å². The lowest BCUT2D eigenvalue weighted by Gasteiger charge is -2.24. The minimum absolute atomic E-state index is 0.176. The van der Waals surface area contributed by atoms with E-state index in [1.54, 1.807) is 19.3 Å². The first-order valence-corrected chi connectivity index (χ1v) is 9.88.